The molecule has 0 saturated heterocycles. The monoisotopic (exact) mass is 389 g/mol. The fourth-order valence-electron chi connectivity index (χ4n) is 2.33. The van der Waals surface area contributed by atoms with Gasteiger partial charge in [0.05, 0.1) is 11.4 Å². The Morgan fingerprint density at radius 2 is 1.52 bits per heavy atom. The van der Waals surface area contributed by atoms with Gasteiger partial charge in [-0.1, -0.05) is 30.3 Å². The van der Waals surface area contributed by atoms with Gasteiger partial charge in [0, 0.05) is 33.3 Å². The molecule has 0 aliphatic heterocycles. The molecule has 2 rings (SSSR count). The number of likely N-dealkylation sites (N-methyl/N-ethyl adjacent to an activating group) is 1. The summed E-state index contributed by atoms with van der Waals surface area (Å²) in [6.45, 7) is 0.312. The van der Waals surface area contributed by atoms with Gasteiger partial charge in [0.2, 0.25) is 15.9 Å². The van der Waals surface area contributed by atoms with Crippen LogP contribution in [0.3, 0.4) is 0 Å². The van der Waals surface area contributed by atoms with Crippen LogP contribution in [0.15, 0.2) is 59.5 Å². The van der Waals surface area contributed by atoms with E-state index in [0.29, 0.717) is 6.54 Å². The maximum absolute atomic E-state index is 12.2. The van der Waals surface area contributed by atoms with E-state index in [0.717, 1.165) is 9.87 Å². The van der Waals surface area contributed by atoms with E-state index in [1.54, 1.807) is 7.05 Å². The number of hydrogen-bond acceptors (Lipinski definition) is 4. The molecule has 0 saturated carbocycles. The molecule has 144 valence electrons. The molecule has 0 atom stereocenters. The second-order valence-corrected chi connectivity index (χ2v) is 8.38. The van der Waals surface area contributed by atoms with E-state index in [1.165, 1.54) is 43.3 Å². The molecule has 0 heterocycles. The highest BCUT2D eigenvalue weighted by atomic mass is 32.2. The Morgan fingerprint density at radius 1 is 0.926 bits per heavy atom. The number of benzene rings is 2. The average molecular weight is 389 g/mol. The second kappa shape index (κ2) is 8.79. The largest absolute Gasteiger partial charge is 0.343 e. The Balaban J connectivity index is 1.92. The predicted octanol–water partition coefficient (Wildman–Crippen LogP) is 1.33. The van der Waals surface area contributed by atoms with E-state index < -0.39 is 15.9 Å². The first-order valence-corrected chi connectivity index (χ1v) is 9.74. The van der Waals surface area contributed by atoms with Gasteiger partial charge in [-0.15, -0.1) is 0 Å². The number of amides is 2. The van der Waals surface area contributed by atoms with Gasteiger partial charge in [-0.25, -0.2) is 12.7 Å². The number of sulfonamides is 1. The Morgan fingerprint density at radius 3 is 2.07 bits per heavy atom. The molecular weight excluding hydrogens is 366 g/mol. The van der Waals surface area contributed by atoms with Gasteiger partial charge in [-0.3, -0.25) is 9.59 Å². The van der Waals surface area contributed by atoms with Gasteiger partial charge in [-0.05, 0) is 29.8 Å². The molecule has 0 bridgehead atoms. The van der Waals surface area contributed by atoms with Crippen LogP contribution in [0.2, 0.25) is 0 Å². The second-order valence-electron chi connectivity index (χ2n) is 6.23. The number of nitrogens with one attached hydrogen (secondary N) is 1. The number of carbonyl (C=O) groups is 2. The minimum atomic E-state index is -3.55. The van der Waals surface area contributed by atoms with E-state index in [9.17, 15) is 18.0 Å². The summed E-state index contributed by atoms with van der Waals surface area (Å²) in [5, 5.41) is 2.56. The quantitative estimate of drug-likeness (QED) is 0.774. The summed E-state index contributed by atoms with van der Waals surface area (Å²) in [5.74, 6) is -0.663. The fourth-order valence-corrected chi connectivity index (χ4v) is 3.23. The molecule has 2 aromatic carbocycles. The zero-order valence-electron chi connectivity index (χ0n) is 15.5. The summed E-state index contributed by atoms with van der Waals surface area (Å²) in [5.41, 5.74) is 1.28. The van der Waals surface area contributed by atoms with Crippen molar-refractivity contribution in [3.05, 3.63) is 65.7 Å². The summed E-state index contributed by atoms with van der Waals surface area (Å²) in [6, 6.07) is 15.1. The maximum Gasteiger partial charge on any atom is 0.251 e. The summed E-state index contributed by atoms with van der Waals surface area (Å²) < 4.78 is 25.2. The zero-order chi connectivity index (χ0) is 20.0. The first-order chi connectivity index (χ1) is 12.7. The molecule has 7 nitrogen and oxygen atoms in total. The molecule has 0 unspecified atom stereocenters. The lowest BCUT2D eigenvalue weighted by molar-refractivity contribution is -0.129. The molecular formula is C19H23N3O4S. The molecule has 0 aliphatic rings. The number of nitrogens with zero attached hydrogens (tertiary/aromatic N) is 2. The van der Waals surface area contributed by atoms with Crippen molar-refractivity contribution in [3.63, 3.8) is 0 Å². The Labute approximate surface area is 159 Å². The normalized spacial score (nSPS) is 11.3. The SMILES string of the molecule is CN(Cc1ccccc1)C(=O)CNC(=O)c1ccc(S(=O)(=O)N(C)C)cc1. The molecule has 1 N–H and O–H groups in total. The molecule has 0 spiro atoms. The third kappa shape index (κ3) is 5.38. The van der Waals surface area contributed by atoms with Crippen LogP contribution in [0.1, 0.15) is 15.9 Å². The van der Waals surface area contributed by atoms with Gasteiger partial charge in [0.25, 0.3) is 5.91 Å². The minimum absolute atomic E-state index is 0.0997. The van der Waals surface area contributed by atoms with Crippen LogP contribution >= 0.6 is 0 Å². The third-order valence-electron chi connectivity index (χ3n) is 3.98. The summed E-state index contributed by atoms with van der Waals surface area (Å²) in [7, 11) is 1.000. The molecule has 2 amide bonds. The van der Waals surface area contributed by atoms with Crippen molar-refractivity contribution in [2.75, 3.05) is 27.7 Å². The first-order valence-electron chi connectivity index (χ1n) is 8.30. The van der Waals surface area contributed by atoms with Crippen molar-refractivity contribution in [1.29, 1.82) is 0 Å². The van der Waals surface area contributed by atoms with E-state index in [2.05, 4.69) is 5.32 Å². The first kappa shape index (κ1) is 20.6. The highest BCUT2D eigenvalue weighted by Crippen LogP contribution is 2.14. The minimum Gasteiger partial charge on any atom is -0.343 e. The van der Waals surface area contributed by atoms with Crippen molar-refractivity contribution in [2.45, 2.75) is 11.4 Å². The lowest BCUT2D eigenvalue weighted by atomic mass is 10.2. The molecule has 0 fully saturated rings. The van der Waals surface area contributed by atoms with Crippen LogP contribution in [-0.4, -0.2) is 57.1 Å². The molecule has 2 aromatic rings. The van der Waals surface area contributed by atoms with Crippen molar-refractivity contribution < 1.29 is 18.0 Å². The van der Waals surface area contributed by atoms with Crippen LogP contribution in [-0.2, 0) is 21.4 Å². The smallest absolute Gasteiger partial charge is 0.251 e. The van der Waals surface area contributed by atoms with Crippen LogP contribution < -0.4 is 5.32 Å². The van der Waals surface area contributed by atoms with Gasteiger partial charge >= 0.3 is 0 Å². The highest BCUT2D eigenvalue weighted by Gasteiger charge is 2.18. The van der Waals surface area contributed by atoms with E-state index >= 15 is 0 Å². The van der Waals surface area contributed by atoms with Gasteiger partial charge in [0.1, 0.15) is 0 Å². The van der Waals surface area contributed by atoms with Crippen molar-refractivity contribution in [1.82, 2.24) is 14.5 Å². The lowest BCUT2D eigenvalue weighted by Gasteiger charge is -2.17. The summed E-state index contributed by atoms with van der Waals surface area (Å²) in [4.78, 5) is 26.0. The lowest BCUT2D eigenvalue weighted by Crippen LogP contribution is -2.37. The topological polar surface area (TPSA) is 86.8 Å². The van der Waals surface area contributed by atoms with E-state index in [1.807, 2.05) is 30.3 Å². The number of carbonyl (C=O) groups excluding carboxylic acids is 2. The molecule has 27 heavy (non-hydrogen) atoms. The Kier molecular flexibility index (Phi) is 6.70. The highest BCUT2D eigenvalue weighted by molar-refractivity contribution is 7.89. The third-order valence-corrected chi connectivity index (χ3v) is 5.81. The summed E-state index contributed by atoms with van der Waals surface area (Å²) >= 11 is 0. The molecule has 0 radical (unpaired) electrons. The van der Waals surface area contributed by atoms with Crippen LogP contribution in [0, 0.1) is 0 Å². The Bertz CT molecular complexity index is 894. The predicted molar refractivity (Wildman–Crippen MR) is 103 cm³/mol. The number of hydrogen-bond donors (Lipinski definition) is 1. The zero-order valence-corrected chi connectivity index (χ0v) is 16.4. The molecule has 8 heteroatoms. The standard InChI is InChI=1S/C19H23N3O4S/c1-21(2)27(25,26)17-11-9-16(10-12-17)19(24)20-13-18(23)22(3)14-15-7-5-4-6-8-15/h4-12H,13-14H2,1-3H3,(H,20,24). The van der Waals surface area contributed by atoms with E-state index in [-0.39, 0.29) is 22.9 Å². The molecule has 0 aromatic heterocycles. The Hall–Kier alpha value is -2.71. The van der Waals surface area contributed by atoms with Crippen molar-refractivity contribution in [3.8, 4) is 0 Å². The van der Waals surface area contributed by atoms with Crippen LogP contribution in [0.25, 0.3) is 0 Å². The van der Waals surface area contributed by atoms with Gasteiger partial charge < -0.3 is 10.2 Å². The average Bonchev–Trinajstić information content (AvgIpc) is 2.66. The molecule has 0 aliphatic carbocycles. The maximum atomic E-state index is 12.2. The van der Waals surface area contributed by atoms with Crippen molar-refractivity contribution in [2.24, 2.45) is 0 Å². The van der Waals surface area contributed by atoms with Crippen LogP contribution in [0.4, 0.5) is 0 Å². The van der Waals surface area contributed by atoms with E-state index in [4.69, 9.17) is 0 Å². The fraction of sp³-hybridized carbons (Fsp3) is 0.263. The van der Waals surface area contributed by atoms with Crippen molar-refractivity contribution >= 4 is 21.8 Å². The number of rotatable bonds is 7. The van der Waals surface area contributed by atoms with Gasteiger partial charge in [0.15, 0.2) is 0 Å². The summed E-state index contributed by atoms with van der Waals surface area (Å²) in [6.07, 6.45) is 0. The van der Waals surface area contributed by atoms with Crippen LogP contribution in [0.5, 0.6) is 0 Å². The van der Waals surface area contributed by atoms with Gasteiger partial charge in [-0.2, -0.15) is 0 Å².